The Morgan fingerprint density at radius 1 is 1.12 bits per heavy atom. The van der Waals surface area contributed by atoms with Gasteiger partial charge in [0.05, 0.1) is 7.11 Å². The Balaban J connectivity index is 1.17. The number of aromatic nitrogens is 3. The molecule has 0 atom stereocenters. The molecule has 0 bridgehead atoms. The van der Waals surface area contributed by atoms with E-state index in [1.165, 1.54) is 0 Å². The fraction of sp³-hybridized carbons (Fsp3) is 0.400. The van der Waals surface area contributed by atoms with Crippen molar-refractivity contribution in [2.75, 3.05) is 33.5 Å². The summed E-state index contributed by atoms with van der Waals surface area (Å²) in [5, 5.41) is 11.8. The Morgan fingerprint density at radius 3 is 2.79 bits per heavy atom. The molecule has 178 valence electrons. The van der Waals surface area contributed by atoms with Crippen molar-refractivity contribution in [1.29, 1.82) is 0 Å². The highest BCUT2D eigenvalue weighted by atomic mass is 16.7. The van der Waals surface area contributed by atoms with E-state index in [0.29, 0.717) is 30.0 Å². The number of nitrogens with one attached hydrogen (secondary N) is 1. The molecule has 1 N–H and O–H groups in total. The van der Waals surface area contributed by atoms with Gasteiger partial charge in [0.25, 0.3) is 5.91 Å². The fourth-order valence-corrected chi connectivity index (χ4v) is 4.40. The first-order valence-electron chi connectivity index (χ1n) is 11.6. The highest BCUT2D eigenvalue weighted by molar-refractivity contribution is 5.94. The van der Waals surface area contributed by atoms with Crippen LogP contribution in [0.4, 0.5) is 0 Å². The van der Waals surface area contributed by atoms with Crippen LogP contribution in [0.15, 0.2) is 36.4 Å². The van der Waals surface area contributed by atoms with Crippen molar-refractivity contribution in [3.05, 3.63) is 64.7 Å². The van der Waals surface area contributed by atoms with E-state index in [2.05, 4.69) is 25.0 Å². The number of benzene rings is 2. The predicted octanol–water partition coefficient (Wildman–Crippen LogP) is 2.35. The van der Waals surface area contributed by atoms with Gasteiger partial charge < -0.3 is 24.1 Å². The average molecular weight is 464 g/mol. The van der Waals surface area contributed by atoms with E-state index in [-0.39, 0.29) is 12.7 Å². The maximum Gasteiger partial charge on any atom is 0.251 e. The van der Waals surface area contributed by atoms with E-state index in [1.807, 2.05) is 43.3 Å². The molecule has 0 saturated carbocycles. The molecular weight excluding hydrogens is 434 g/mol. The quantitative estimate of drug-likeness (QED) is 0.575. The molecule has 0 spiro atoms. The molecule has 0 unspecified atom stereocenters. The van der Waals surface area contributed by atoms with Crippen LogP contribution in [0.25, 0.3) is 0 Å². The van der Waals surface area contributed by atoms with E-state index in [1.54, 1.807) is 7.11 Å². The third-order valence-electron chi connectivity index (χ3n) is 6.27. The van der Waals surface area contributed by atoms with E-state index in [4.69, 9.17) is 14.2 Å². The highest BCUT2D eigenvalue weighted by Crippen LogP contribution is 2.42. The number of hydrogen-bond donors (Lipinski definition) is 1. The predicted molar refractivity (Wildman–Crippen MR) is 125 cm³/mol. The Hall–Kier alpha value is -3.59. The van der Waals surface area contributed by atoms with E-state index in [9.17, 15) is 4.79 Å². The Kier molecular flexibility index (Phi) is 6.35. The third-order valence-corrected chi connectivity index (χ3v) is 6.27. The summed E-state index contributed by atoms with van der Waals surface area (Å²) in [6, 6.07) is 11.6. The van der Waals surface area contributed by atoms with Crippen molar-refractivity contribution in [2.45, 2.75) is 32.9 Å². The Bertz CT molecular complexity index is 1170. The van der Waals surface area contributed by atoms with Gasteiger partial charge >= 0.3 is 0 Å². The minimum absolute atomic E-state index is 0.0686. The molecule has 0 saturated heterocycles. The van der Waals surface area contributed by atoms with Gasteiger partial charge in [-0.15, -0.1) is 10.2 Å². The van der Waals surface area contributed by atoms with Gasteiger partial charge in [-0.05, 0) is 36.8 Å². The largest absolute Gasteiger partial charge is 0.493 e. The van der Waals surface area contributed by atoms with Crippen molar-refractivity contribution in [3.63, 3.8) is 0 Å². The number of amides is 1. The zero-order valence-electron chi connectivity index (χ0n) is 19.5. The van der Waals surface area contributed by atoms with Crippen LogP contribution in [0.1, 0.15) is 33.1 Å². The summed E-state index contributed by atoms with van der Waals surface area (Å²) >= 11 is 0. The number of hydrogen-bond acceptors (Lipinski definition) is 7. The van der Waals surface area contributed by atoms with Gasteiger partial charge in [0.2, 0.25) is 12.5 Å². The van der Waals surface area contributed by atoms with Gasteiger partial charge in [-0.2, -0.15) is 0 Å². The van der Waals surface area contributed by atoms with Crippen LogP contribution in [0.3, 0.4) is 0 Å². The number of methoxy groups -OCH3 is 1. The lowest BCUT2D eigenvalue weighted by Gasteiger charge is -2.20. The van der Waals surface area contributed by atoms with Crippen molar-refractivity contribution < 1.29 is 19.0 Å². The van der Waals surface area contributed by atoms with E-state index < -0.39 is 0 Å². The number of aryl methyl sites for hydroxylation is 1. The van der Waals surface area contributed by atoms with Gasteiger partial charge in [0.1, 0.15) is 11.6 Å². The average Bonchev–Trinajstić information content (AvgIpc) is 3.42. The van der Waals surface area contributed by atoms with Crippen molar-refractivity contribution in [3.8, 4) is 17.2 Å². The summed E-state index contributed by atoms with van der Waals surface area (Å²) < 4.78 is 18.7. The maximum atomic E-state index is 12.4. The molecule has 9 nitrogen and oxygen atoms in total. The number of ether oxygens (including phenoxy) is 3. The Labute approximate surface area is 198 Å². The molecule has 3 heterocycles. The minimum Gasteiger partial charge on any atom is -0.493 e. The number of rotatable bonds is 7. The third kappa shape index (κ3) is 4.70. The first-order valence-corrected chi connectivity index (χ1v) is 11.6. The standard InChI is InChI=1S/C25H29N5O4/c1-17-3-5-19(6-4-17)25(31)26-9-7-22-27-28-23-8-10-29(11-12-30(22)23)15-18-13-20(32-2)24-21(14-18)33-16-34-24/h3-6,13-14H,7-12,15-16H2,1-2H3,(H,26,31). The van der Waals surface area contributed by atoms with Gasteiger partial charge in [-0.25, -0.2) is 0 Å². The van der Waals surface area contributed by atoms with Crippen LogP contribution >= 0.6 is 0 Å². The molecule has 0 aliphatic carbocycles. The van der Waals surface area contributed by atoms with Gasteiger partial charge in [-0.1, -0.05) is 17.7 Å². The second-order valence-electron chi connectivity index (χ2n) is 8.61. The van der Waals surface area contributed by atoms with E-state index in [0.717, 1.165) is 61.1 Å². The number of carbonyl (C=O) groups is 1. The molecule has 3 aromatic rings. The van der Waals surface area contributed by atoms with Gasteiger partial charge in [0, 0.05) is 51.1 Å². The molecule has 5 rings (SSSR count). The first kappa shape index (κ1) is 22.2. The number of nitrogens with zero attached hydrogens (tertiary/aromatic N) is 4. The second kappa shape index (κ2) is 9.72. The zero-order chi connectivity index (χ0) is 23.5. The molecule has 9 heteroatoms. The van der Waals surface area contributed by atoms with Crippen LogP contribution in [-0.2, 0) is 25.9 Å². The summed E-state index contributed by atoms with van der Waals surface area (Å²) in [5.74, 6) is 3.94. The van der Waals surface area contributed by atoms with Crippen LogP contribution in [0.2, 0.25) is 0 Å². The summed E-state index contributed by atoms with van der Waals surface area (Å²) in [7, 11) is 1.64. The molecule has 0 fully saturated rings. The summed E-state index contributed by atoms with van der Waals surface area (Å²) in [6.45, 7) is 6.11. The molecule has 2 aromatic carbocycles. The molecule has 34 heavy (non-hydrogen) atoms. The molecule has 1 aromatic heterocycles. The molecule has 2 aliphatic heterocycles. The minimum atomic E-state index is -0.0686. The summed E-state index contributed by atoms with van der Waals surface area (Å²) in [4.78, 5) is 14.8. The van der Waals surface area contributed by atoms with Crippen molar-refractivity contribution in [1.82, 2.24) is 25.0 Å². The first-order chi connectivity index (χ1) is 16.6. The van der Waals surface area contributed by atoms with Crippen molar-refractivity contribution in [2.24, 2.45) is 0 Å². The molecule has 1 amide bonds. The normalized spacial score (nSPS) is 15.0. The van der Waals surface area contributed by atoms with Crippen LogP contribution in [0.5, 0.6) is 17.2 Å². The van der Waals surface area contributed by atoms with Gasteiger partial charge in [0.15, 0.2) is 11.5 Å². The number of fused-ring (bicyclic) bond motifs is 2. The summed E-state index contributed by atoms with van der Waals surface area (Å²) in [6.07, 6.45) is 1.47. The zero-order valence-corrected chi connectivity index (χ0v) is 19.5. The lowest BCUT2D eigenvalue weighted by molar-refractivity contribution is 0.0954. The van der Waals surface area contributed by atoms with Crippen LogP contribution < -0.4 is 19.5 Å². The lowest BCUT2D eigenvalue weighted by Crippen LogP contribution is -2.28. The number of carbonyl (C=O) groups excluding carboxylic acids is 1. The Morgan fingerprint density at radius 2 is 1.97 bits per heavy atom. The highest BCUT2D eigenvalue weighted by Gasteiger charge is 2.23. The van der Waals surface area contributed by atoms with Gasteiger partial charge in [-0.3, -0.25) is 9.69 Å². The SMILES string of the molecule is COc1cc(CN2CCc3nnc(CCNC(=O)c4ccc(C)cc4)n3CC2)cc2c1OCO2. The molecular formula is C25H29N5O4. The maximum absolute atomic E-state index is 12.4. The lowest BCUT2D eigenvalue weighted by atomic mass is 10.1. The fourth-order valence-electron chi connectivity index (χ4n) is 4.40. The molecule has 0 radical (unpaired) electrons. The monoisotopic (exact) mass is 463 g/mol. The smallest absolute Gasteiger partial charge is 0.251 e. The molecule has 2 aliphatic rings. The topological polar surface area (TPSA) is 90.7 Å². The van der Waals surface area contributed by atoms with E-state index >= 15 is 0 Å². The van der Waals surface area contributed by atoms with Crippen molar-refractivity contribution >= 4 is 5.91 Å². The second-order valence-corrected chi connectivity index (χ2v) is 8.61. The van der Waals surface area contributed by atoms with Crippen LogP contribution in [-0.4, -0.2) is 59.1 Å². The summed E-state index contributed by atoms with van der Waals surface area (Å²) in [5.41, 5.74) is 2.92. The van der Waals surface area contributed by atoms with Crippen LogP contribution in [0, 0.1) is 6.92 Å².